The summed E-state index contributed by atoms with van der Waals surface area (Å²) in [5, 5.41) is 11.3. The Balaban J connectivity index is 1.76. The monoisotopic (exact) mass is 436 g/mol. The molecule has 0 radical (unpaired) electrons. The quantitative estimate of drug-likeness (QED) is 0.575. The van der Waals surface area contributed by atoms with Crippen molar-refractivity contribution in [2.24, 2.45) is 0 Å². The second-order valence-electron chi connectivity index (χ2n) is 7.56. The van der Waals surface area contributed by atoms with Crippen LogP contribution in [0.1, 0.15) is 22.4 Å². The lowest BCUT2D eigenvalue weighted by atomic mass is 10.1. The third-order valence-corrected chi connectivity index (χ3v) is 6.27. The van der Waals surface area contributed by atoms with E-state index < -0.39 is 10.9 Å². The molecule has 0 fully saturated rings. The third kappa shape index (κ3) is 4.77. The van der Waals surface area contributed by atoms with Crippen LogP contribution in [0.5, 0.6) is 0 Å². The van der Waals surface area contributed by atoms with E-state index >= 15 is 0 Å². The van der Waals surface area contributed by atoms with Gasteiger partial charge in [0.2, 0.25) is 10.9 Å². The number of hydrogen-bond acceptors (Lipinski definition) is 6. The van der Waals surface area contributed by atoms with Crippen LogP contribution in [0, 0.1) is 11.3 Å². The van der Waals surface area contributed by atoms with E-state index in [2.05, 4.69) is 33.1 Å². The van der Waals surface area contributed by atoms with Crippen molar-refractivity contribution in [3.8, 4) is 6.07 Å². The molecule has 31 heavy (non-hydrogen) atoms. The van der Waals surface area contributed by atoms with Gasteiger partial charge < -0.3 is 9.88 Å². The van der Waals surface area contributed by atoms with Crippen molar-refractivity contribution in [2.75, 3.05) is 18.5 Å². The lowest BCUT2D eigenvalue weighted by molar-refractivity contribution is 0.0323. The molecule has 1 aromatic heterocycles. The van der Waals surface area contributed by atoms with E-state index in [1.165, 1.54) is 4.41 Å². The fourth-order valence-electron chi connectivity index (χ4n) is 4.05. The van der Waals surface area contributed by atoms with Gasteiger partial charge in [0.05, 0.1) is 30.2 Å². The standard InChI is InChI=1S/C22H24N6O2S/c1-26(31(29)30)28-13-19-9-18(11-23)7-8-22(19)27(14-20-12-24-16-25-20)15-21(28)10-17-5-3-2-4-6-17/h2-9,12,16,21,31H,10,13-15H2,1H3,(H,24,25)/t21-/m1/s1. The van der Waals surface area contributed by atoms with Gasteiger partial charge in [0.1, 0.15) is 0 Å². The normalized spacial score (nSPS) is 16.8. The predicted molar refractivity (Wildman–Crippen MR) is 118 cm³/mol. The molecule has 9 heteroatoms. The van der Waals surface area contributed by atoms with Crippen LogP contribution in [0.2, 0.25) is 0 Å². The molecule has 0 unspecified atom stereocenters. The van der Waals surface area contributed by atoms with E-state index in [0.717, 1.165) is 22.5 Å². The molecule has 4 rings (SSSR count). The van der Waals surface area contributed by atoms with Gasteiger partial charge in [0.25, 0.3) is 0 Å². The van der Waals surface area contributed by atoms with Crippen LogP contribution in [-0.2, 0) is 30.4 Å². The molecule has 1 N–H and O–H groups in total. The van der Waals surface area contributed by atoms with Gasteiger partial charge in [0, 0.05) is 38.1 Å². The minimum atomic E-state index is -2.79. The molecule has 0 spiro atoms. The number of nitriles is 1. The van der Waals surface area contributed by atoms with Gasteiger partial charge in [-0.3, -0.25) is 0 Å². The van der Waals surface area contributed by atoms with Gasteiger partial charge >= 0.3 is 0 Å². The number of rotatable bonds is 6. The number of hydrazine groups is 1. The smallest absolute Gasteiger partial charge is 0.216 e. The SMILES string of the molecule is CN(N1Cc2cc(C#N)ccc2N(Cc2c[nH]cn2)C[C@H]1Cc1ccccc1)[SH](=O)=O. The number of nitrogens with one attached hydrogen (secondary N) is 1. The molecular formula is C22H24N6O2S. The predicted octanol–water partition coefficient (Wildman–Crippen LogP) is 2.09. The van der Waals surface area contributed by atoms with Crippen molar-refractivity contribution in [3.63, 3.8) is 0 Å². The van der Waals surface area contributed by atoms with Crippen molar-refractivity contribution in [1.82, 2.24) is 19.4 Å². The first-order chi connectivity index (χ1) is 15.0. The van der Waals surface area contributed by atoms with Crippen LogP contribution in [0.15, 0.2) is 61.1 Å². The van der Waals surface area contributed by atoms with Gasteiger partial charge in [0.15, 0.2) is 0 Å². The van der Waals surface area contributed by atoms with Crippen LogP contribution in [0.3, 0.4) is 0 Å². The Morgan fingerprint density at radius 2 is 2.06 bits per heavy atom. The number of nitrogens with zero attached hydrogens (tertiary/aromatic N) is 5. The van der Waals surface area contributed by atoms with Crippen molar-refractivity contribution in [2.45, 2.75) is 25.6 Å². The molecule has 160 valence electrons. The molecule has 1 aliphatic heterocycles. The minimum Gasteiger partial charge on any atom is -0.364 e. The van der Waals surface area contributed by atoms with Crippen LogP contribution in [0.4, 0.5) is 5.69 Å². The lowest BCUT2D eigenvalue weighted by Crippen LogP contribution is -2.49. The highest BCUT2D eigenvalue weighted by Gasteiger charge is 2.31. The summed E-state index contributed by atoms with van der Waals surface area (Å²) in [5.41, 5.74) is 4.47. The summed E-state index contributed by atoms with van der Waals surface area (Å²) < 4.78 is 25.1. The summed E-state index contributed by atoms with van der Waals surface area (Å²) in [4.78, 5) is 9.57. The van der Waals surface area contributed by atoms with E-state index in [1.807, 2.05) is 41.5 Å². The van der Waals surface area contributed by atoms with Crippen molar-refractivity contribution in [1.29, 1.82) is 5.26 Å². The Kier molecular flexibility index (Phi) is 6.32. The number of anilines is 1. The maximum Gasteiger partial charge on any atom is 0.216 e. The van der Waals surface area contributed by atoms with E-state index in [-0.39, 0.29) is 6.04 Å². The largest absolute Gasteiger partial charge is 0.364 e. The summed E-state index contributed by atoms with van der Waals surface area (Å²) in [6.45, 7) is 1.57. The van der Waals surface area contributed by atoms with E-state index in [9.17, 15) is 13.7 Å². The molecule has 0 saturated heterocycles. The second-order valence-corrected chi connectivity index (χ2v) is 8.62. The highest BCUT2D eigenvalue weighted by molar-refractivity contribution is 7.69. The first-order valence-electron chi connectivity index (χ1n) is 9.99. The number of hydrogen-bond donors (Lipinski definition) is 2. The zero-order valence-corrected chi connectivity index (χ0v) is 18.1. The fraction of sp³-hybridized carbons (Fsp3) is 0.273. The fourth-order valence-corrected chi connectivity index (χ4v) is 4.45. The molecule has 1 atom stereocenters. The zero-order chi connectivity index (χ0) is 21.8. The number of thiol groups is 1. The summed E-state index contributed by atoms with van der Waals surface area (Å²) >= 11 is 0. The molecule has 2 heterocycles. The highest BCUT2D eigenvalue weighted by atomic mass is 32.2. The summed E-state index contributed by atoms with van der Waals surface area (Å²) in [5.74, 6) is 0. The number of aromatic amines is 1. The van der Waals surface area contributed by atoms with E-state index in [0.29, 0.717) is 31.6 Å². The van der Waals surface area contributed by atoms with E-state index in [4.69, 9.17) is 0 Å². The third-order valence-electron chi connectivity index (χ3n) is 5.56. The van der Waals surface area contributed by atoms with Gasteiger partial charge in [-0.25, -0.2) is 18.4 Å². The first-order valence-corrected chi connectivity index (χ1v) is 11.1. The molecule has 1 aliphatic rings. The minimum absolute atomic E-state index is 0.0998. The number of fused-ring (bicyclic) bond motifs is 1. The second kappa shape index (κ2) is 9.31. The van der Waals surface area contributed by atoms with Crippen LogP contribution < -0.4 is 4.90 Å². The van der Waals surface area contributed by atoms with Gasteiger partial charge in [-0.05, 0) is 35.7 Å². The Morgan fingerprint density at radius 1 is 1.26 bits per heavy atom. The molecule has 0 amide bonds. The maximum atomic E-state index is 11.9. The average Bonchev–Trinajstić information content (AvgIpc) is 3.24. The highest BCUT2D eigenvalue weighted by Crippen LogP contribution is 2.31. The van der Waals surface area contributed by atoms with Crippen LogP contribution >= 0.6 is 0 Å². The van der Waals surface area contributed by atoms with Crippen LogP contribution in [-0.4, -0.2) is 47.4 Å². The van der Waals surface area contributed by atoms with Gasteiger partial charge in [-0.15, -0.1) is 4.41 Å². The number of imidazole rings is 1. The van der Waals surface area contributed by atoms with Crippen molar-refractivity contribution >= 4 is 16.6 Å². The Labute approximate surface area is 183 Å². The average molecular weight is 437 g/mol. The molecular weight excluding hydrogens is 412 g/mol. The number of H-pyrrole nitrogens is 1. The van der Waals surface area contributed by atoms with Gasteiger partial charge in [-0.1, -0.05) is 30.3 Å². The van der Waals surface area contributed by atoms with Gasteiger partial charge in [-0.2, -0.15) is 5.26 Å². The van der Waals surface area contributed by atoms with E-state index in [1.54, 1.807) is 19.4 Å². The number of aromatic nitrogens is 2. The molecule has 0 saturated carbocycles. The topological polar surface area (TPSA) is 96.3 Å². The summed E-state index contributed by atoms with van der Waals surface area (Å²) in [6, 6.07) is 17.7. The molecule has 0 aliphatic carbocycles. The molecule has 3 aromatic rings. The van der Waals surface area contributed by atoms with Crippen molar-refractivity contribution in [3.05, 3.63) is 83.4 Å². The molecule has 2 aromatic carbocycles. The summed E-state index contributed by atoms with van der Waals surface area (Å²) in [6.07, 6.45) is 4.19. The first kappa shape index (κ1) is 21.1. The zero-order valence-electron chi connectivity index (χ0n) is 17.2. The summed E-state index contributed by atoms with van der Waals surface area (Å²) in [7, 11) is -1.22. The lowest BCUT2D eigenvalue weighted by Gasteiger charge is -2.35. The molecule has 0 bridgehead atoms. The maximum absolute atomic E-state index is 11.9. The number of benzene rings is 2. The Hall–Kier alpha value is -3.19. The molecule has 8 nitrogen and oxygen atoms in total. The Morgan fingerprint density at radius 3 is 2.74 bits per heavy atom. The van der Waals surface area contributed by atoms with Crippen molar-refractivity contribution < 1.29 is 8.42 Å². The Bertz CT molecular complexity index is 1130. The van der Waals surface area contributed by atoms with Crippen LogP contribution in [0.25, 0.3) is 0 Å².